The zero-order chi connectivity index (χ0) is 13.8. The minimum atomic E-state index is -0.944. The zero-order valence-corrected chi connectivity index (χ0v) is 10.7. The fourth-order valence-corrected chi connectivity index (χ4v) is 2.18. The third kappa shape index (κ3) is 3.01. The van der Waals surface area contributed by atoms with Gasteiger partial charge >= 0.3 is 12.0 Å². The van der Waals surface area contributed by atoms with Crippen molar-refractivity contribution in [1.82, 2.24) is 25.0 Å². The van der Waals surface area contributed by atoms with Gasteiger partial charge in [0.15, 0.2) is 0 Å². The summed E-state index contributed by atoms with van der Waals surface area (Å²) in [4.78, 5) is 24.2. The molecule has 1 fully saturated rings. The highest BCUT2D eigenvalue weighted by Crippen LogP contribution is 2.17. The zero-order valence-electron chi connectivity index (χ0n) is 10.7. The van der Waals surface area contributed by atoms with E-state index < -0.39 is 12.0 Å². The van der Waals surface area contributed by atoms with Gasteiger partial charge in [-0.1, -0.05) is 0 Å². The monoisotopic (exact) mass is 267 g/mol. The summed E-state index contributed by atoms with van der Waals surface area (Å²) in [6, 6.07) is -1.03. The Morgan fingerprint density at radius 2 is 2.37 bits per heavy atom. The Morgan fingerprint density at radius 1 is 1.58 bits per heavy atom. The molecule has 0 aromatic carbocycles. The molecule has 8 heteroatoms. The summed E-state index contributed by atoms with van der Waals surface area (Å²) in [5.74, 6) is -0.169. The van der Waals surface area contributed by atoms with Crippen LogP contribution in [0.15, 0.2) is 6.33 Å². The van der Waals surface area contributed by atoms with Gasteiger partial charge in [0.05, 0.1) is 0 Å². The van der Waals surface area contributed by atoms with Crippen LogP contribution < -0.4 is 5.32 Å². The first kappa shape index (κ1) is 13.3. The SMILES string of the molecule is Cn1cnnc1CCNC(=O)N1CCCC1C(=O)O. The lowest BCUT2D eigenvalue weighted by Gasteiger charge is -2.21. The molecular formula is C11H17N5O3. The Balaban J connectivity index is 1.81. The van der Waals surface area contributed by atoms with Crippen LogP contribution in [0.25, 0.3) is 0 Å². The van der Waals surface area contributed by atoms with Crippen LogP contribution in [0.1, 0.15) is 18.7 Å². The molecule has 0 bridgehead atoms. The molecule has 0 spiro atoms. The van der Waals surface area contributed by atoms with E-state index in [1.165, 1.54) is 4.90 Å². The lowest BCUT2D eigenvalue weighted by molar-refractivity contribution is -0.141. The molecule has 1 saturated heterocycles. The second kappa shape index (κ2) is 5.68. The first-order valence-electron chi connectivity index (χ1n) is 6.19. The predicted molar refractivity (Wildman–Crippen MR) is 65.5 cm³/mol. The number of nitrogens with zero attached hydrogens (tertiary/aromatic N) is 4. The standard InChI is InChI=1S/C11H17N5O3/c1-15-7-13-14-9(15)4-5-12-11(19)16-6-2-3-8(16)10(17)18/h7-8H,2-6H2,1H3,(H,12,19)(H,17,18). The van der Waals surface area contributed by atoms with Crippen LogP contribution in [-0.4, -0.2) is 55.9 Å². The van der Waals surface area contributed by atoms with Crippen molar-refractivity contribution in [3.8, 4) is 0 Å². The third-order valence-corrected chi connectivity index (χ3v) is 3.23. The summed E-state index contributed by atoms with van der Waals surface area (Å²) in [6.45, 7) is 0.904. The molecule has 2 amide bonds. The summed E-state index contributed by atoms with van der Waals surface area (Å²) in [5, 5.41) is 19.4. The second-order valence-corrected chi connectivity index (χ2v) is 4.53. The number of carbonyl (C=O) groups excluding carboxylic acids is 1. The number of likely N-dealkylation sites (tertiary alicyclic amines) is 1. The van der Waals surface area contributed by atoms with E-state index in [0.717, 1.165) is 12.2 Å². The molecule has 2 heterocycles. The highest BCUT2D eigenvalue weighted by atomic mass is 16.4. The van der Waals surface area contributed by atoms with Crippen molar-refractivity contribution < 1.29 is 14.7 Å². The molecule has 1 unspecified atom stereocenters. The third-order valence-electron chi connectivity index (χ3n) is 3.23. The molecule has 2 rings (SSSR count). The molecule has 1 aromatic heterocycles. The van der Waals surface area contributed by atoms with Crippen molar-refractivity contribution in [2.24, 2.45) is 7.05 Å². The molecule has 1 atom stereocenters. The van der Waals surface area contributed by atoms with Gasteiger partial charge in [0, 0.05) is 26.6 Å². The first-order valence-corrected chi connectivity index (χ1v) is 6.19. The number of carbonyl (C=O) groups is 2. The topological polar surface area (TPSA) is 100 Å². The molecule has 2 N–H and O–H groups in total. The van der Waals surface area contributed by atoms with E-state index in [9.17, 15) is 9.59 Å². The second-order valence-electron chi connectivity index (χ2n) is 4.53. The molecule has 1 aliphatic rings. The molecule has 0 radical (unpaired) electrons. The number of carboxylic acids is 1. The maximum atomic E-state index is 11.9. The summed E-state index contributed by atoms with van der Waals surface area (Å²) >= 11 is 0. The Labute approximate surface area is 110 Å². The van der Waals surface area contributed by atoms with E-state index in [2.05, 4.69) is 15.5 Å². The number of aliphatic carboxylic acids is 1. The van der Waals surface area contributed by atoms with Crippen LogP contribution in [0.5, 0.6) is 0 Å². The number of nitrogens with one attached hydrogen (secondary N) is 1. The fourth-order valence-electron chi connectivity index (χ4n) is 2.18. The van der Waals surface area contributed by atoms with E-state index >= 15 is 0 Å². The lowest BCUT2D eigenvalue weighted by Crippen LogP contribution is -2.46. The number of aryl methyl sites for hydroxylation is 1. The number of hydrogen-bond acceptors (Lipinski definition) is 4. The molecule has 104 valence electrons. The minimum absolute atomic E-state index is 0.327. The molecule has 8 nitrogen and oxygen atoms in total. The fraction of sp³-hybridized carbons (Fsp3) is 0.636. The quantitative estimate of drug-likeness (QED) is 0.774. The number of urea groups is 1. The largest absolute Gasteiger partial charge is 0.480 e. The van der Waals surface area contributed by atoms with Gasteiger partial charge in [-0.2, -0.15) is 0 Å². The van der Waals surface area contributed by atoms with E-state index in [4.69, 9.17) is 5.11 Å². The van der Waals surface area contributed by atoms with Gasteiger partial charge in [0.2, 0.25) is 0 Å². The van der Waals surface area contributed by atoms with Gasteiger partial charge < -0.3 is 19.9 Å². The van der Waals surface area contributed by atoms with Crippen LogP contribution in [0.4, 0.5) is 4.79 Å². The summed E-state index contributed by atoms with van der Waals surface area (Å²) in [6.07, 6.45) is 3.41. The molecule has 1 aliphatic heterocycles. The van der Waals surface area contributed by atoms with Crippen molar-refractivity contribution in [3.63, 3.8) is 0 Å². The highest BCUT2D eigenvalue weighted by molar-refractivity contribution is 5.83. The highest BCUT2D eigenvalue weighted by Gasteiger charge is 2.33. The van der Waals surface area contributed by atoms with Crippen LogP contribution in [-0.2, 0) is 18.3 Å². The summed E-state index contributed by atoms with van der Waals surface area (Å²) in [5.41, 5.74) is 0. The van der Waals surface area contributed by atoms with Crippen molar-refractivity contribution in [2.45, 2.75) is 25.3 Å². The van der Waals surface area contributed by atoms with Gasteiger partial charge in [0.25, 0.3) is 0 Å². The van der Waals surface area contributed by atoms with E-state index in [1.54, 1.807) is 10.9 Å². The van der Waals surface area contributed by atoms with Gasteiger partial charge in [0.1, 0.15) is 18.2 Å². The Morgan fingerprint density at radius 3 is 3.00 bits per heavy atom. The average molecular weight is 267 g/mol. The van der Waals surface area contributed by atoms with E-state index in [1.807, 2.05) is 7.05 Å². The van der Waals surface area contributed by atoms with Gasteiger partial charge in [-0.05, 0) is 12.8 Å². The maximum absolute atomic E-state index is 11.9. The summed E-state index contributed by atoms with van der Waals surface area (Å²) < 4.78 is 1.78. The summed E-state index contributed by atoms with van der Waals surface area (Å²) in [7, 11) is 1.83. The van der Waals surface area contributed by atoms with Gasteiger partial charge in [-0.15, -0.1) is 10.2 Å². The van der Waals surface area contributed by atoms with E-state index in [0.29, 0.717) is 25.9 Å². The average Bonchev–Trinajstić information content (AvgIpc) is 2.98. The van der Waals surface area contributed by atoms with Crippen molar-refractivity contribution in [2.75, 3.05) is 13.1 Å². The Kier molecular flexibility index (Phi) is 3.98. The van der Waals surface area contributed by atoms with Crippen molar-refractivity contribution >= 4 is 12.0 Å². The normalized spacial score (nSPS) is 18.6. The number of rotatable bonds is 4. The number of amides is 2. The first-order chi connectivity index (χ1) is 9.09. The number of aromatic nitrogens is 3. The van der Waals surface area contributed by atoms with Crippen LogP contribution >= 0.6 is 0 Å². The van der Waals surface area contributed by atoms with Crippen LogP contribution in [0.2, 0.25) is 0 Å². The van der Waals surface area contributed by atoms with Crippen molar-refractivity contribution in [3.05, 3.63) is 12.2 Å². The molecule has 0 saturated carbocycles. The Hall–Kier alpha value is -2.12. The van der Waals surface area contributed by atoms with Crippen molar-refractivity contribution in [1.29, 1.82) is 0 Å². The molecular weight excluding hydrogens is 250 g/mol. The van der Waals surface area contributed by atoms with Gasteiger partial charge in [-0.3, -0.25) is 0 Å². The minimum Gasteiger partial charge on any atom is -0.480 e. The molecule has 19 heavy (non-hydrogen) atoms. The molecule has 0 aliphatic carbocycles. The van der Waals surface area contributed by atoms with Crippen LogP contribution in [0, 0.1) is 0 Å². The predicted octanol–water partition coefficient (Wildman–Crippen LogP) is -0.384. The smallest absolute Gasteiger partial charge is 0.326 e. The number of hydrogen-bond donors (Lipinski definition) is 2. The molecule has 1 aromatic rings. The van der Waals surface area contributed by atoms with Crippen LogP contribution in [0.3, 0.4) is 0 Å². The van der Waals surface area contributed by atoms with Gasteiger partial charge in [-0.25, -0.2) is 9.59 Å². The van der Waals surface area contributed by atoms with E-state index in [-0.39, 0.29) is 6.03 Å². The lowest BCUT2D eigenvalue weighted by atomic mass is 10.2. The number of carboxylic acid groups (broad SMARTS) is 1. The maximum Gasteiger partial charge on any atom is 0.326 e. The Bertz CT molecular complexity index is 473.